The number of anilines is 1. The van der Waals surface area contributed by atoms with Crippen LogP contribution in [0.5, 0.6) is 5.75 Å². The fourth-order valence-corrected chi connectivity index (χ4v) is 3.31. The molecule has 2 amide bonds. The van der Waals surface area contributed by atoms with Gasteiger partial charge in [-0.2, -0.15) is 5.10 Å². The summed E-state index contributed by atoms with van der Waals surface area (Å²) in [7, 11) is 1.57. The topological polar surface area (TPSA) is 92.2 Å². The second-order valence-electron chi connectivity index (χ2n) is 5.90. The summed E-state index contributed by atoms with van der Waals surface area (Å²) in [6.45, 7) is 0. The van der Waals surface area contributed by atoms with Crippen LogP contribution in [0.3, 0.4) is 0 Å². The fourth-order valence-electron chi connectivity index (χ4n) is 2.38. The molecule has 0 aliphatic carbocycles. The van der Waals surface area contributed by atoms with Gasteiger partial charge < -0.3 is 15.4 Å². The van der Waals surface area contributed by atoms with Crippen LogP contribution >= 0.6 is 11.8 Å². The molecule has 0 radical (unpaired) electrons. The third-order valence-electron chi connectivity index (χ3n) is 3.82. The zero-order valence-corrected chi connectivity index (χ0v) is 16.0. The summed E-state index contributed by atoms with van der Waals surface area (Å²) in [5.74, 6) is -1.90. The van der Waals surface area contributed by atoms with Crippen molar-refractivity contribution in [2.24, 2.45) is 10.2 Å². The number of carbonyl (C=O) groups is 2. The van der Waals surface area contributed by atoms with Gasteiger partial charge in [-0.05, 0) is 42.0 Å². The Kier molecular flexibility index (Phi) is 6.55. The van der Waals surface area contributed by atoms with E-state index in [1.54, 1.807) is 31.4 Å². The van der Waals surface area contributed by atoms with Gasteiger partial charge >= 0.3 is 0 Å². The molecular weight excluding hydrogens is 402 g/mol. The first-order valence-electron chi connectivity index (χ1n) is 8.42. The summed E-state index contributed by atoms with van der Waals surface area (Å²) < 4.78 is 31.6. The molecule has 7 nitrogen and oxygen atoms in total. The Morgan fingerprint density at radius 3 is 2.72 bits per heavy atom. The van der Waals surface area contributed by atoms with Crippen LogP contribution in [0.2, 0.25) is 0 Å². The number of halogens is 2. The van der Waals surface area contributed by atoms with Gasteiger partial charge in [0.25, 0.3) is 0 Å². The molecule has 1 saturated heterocycles. The molecule has 0 saturated carbocycles. The van der Waals surface area contributed by atoms with Crippen molar-refractivity contribution in [3.8, 4) is 5.75 Å². The fraction of sp³-hybridized carbons (Fsp3) is 0.158. The predicted molar refractivity (Wildman–Crippen MR) is 107 cm³/mol. The smallest absolute Gasteiger partial charge is 0.240 e. The van der Waals surface area contributed by atoms with E-state index in [-0.39, 0.29) is 17.3 Å². The number of nitrogens with one attached hydrogen (secondary N) is 2. The number of hydrogen-bond acceptors (Lipinski definition) is 6. The molecule has 1 aliphatic heterocycles. The number of carbonyl (C=O) groups excluding carboxylic acids is 2. The molecule has 10 heteroatoms. The van der Waals surface area contributed by atoms with Gasteiger partial charge in [-0.15, -0.1) is 5.10 Å². The molecule has 0 spiro atoms. The first-order valence-corrected chi connectivity index (χ1v) is 9.30. The standard InChI is InChI=1S/C19H16F2N4O3S/c1-28-13-5-2-11(3-6-13)10-22-25-19-24-18(27)16(29-19)9-17(26)23-15-7-4-12(20)8-14(15)21/h2-8,10,16H,9H2,1H3,(H,23,26)(H,24,25,27). The lowest BCUT2D eigenvalue weighted by molar-refractivity contribution is -0.122. The Balaban J connectivity index is 1.55. The zero-order valence-electron chi connectivity index (χ0n) is 15.2. The number of amides is 2. The second kappa shape index (κ2) is 9.28. The van der Waals surface area contributed by atoms with E-state index in [1.165, 1.54) is 6.21 Å². The van der Waals surface area contributed by atoms with Crippen molar-refractivity contribution in [3.05, 3.63) is 59.7 Å². The summed E-state index contributed by atoms with van der Waals surface area (Å²) >= 11 is 1.05. The number of ether oxygens (including phenoxy) is 1. The van der Waals surface area contributed by atoms with Gasteiger partial charge in [-0.1, -0.05) is 11.8 Å². The molecule has 0 bridgehead atoms. The van der Waals surface area contributed by atoms with Gasteiger partial charge in [0, 0.05) is 12.5 Å². The van der Waals surface area contributed by atoms with Crippen molar-refractivity contribution in [3.63, 3.8) is 0 Å². The summed E-state index contributed by atoms with van der Waals surface area (Å²) in [5, 5.41) is 12.2. The molecule has 2 N–H and O–H groups in total. The van der Waals surface area contributed by atoms with E-state index < -0.39 is 28.7 Å². The van der Waals surface area contributed by atoms with Gasteiger partial charge in [-0.25, -0.2) is 8.78 Å². The Bertz CT molecular complexity index is 980. The Morgan fingerprint density at radius 1 is 1.28 bits per heavy atom. The number of methoxy groups -OCH3 is 1. The lowest BCUT2D eigenvalue weighted by atomic mass is 10.2. The van der Waals surface area contributed by atoms with Crippen molar-refractivity contribution in [1.29, 1.82) is 0 Å². The molecular formula is C19H16F2N4O3S. The molecule has 2 aromatic rings. The van der Waals surface area contributed by atoms with Gasteiger partial charge in [0.2, 0.25) is 11.8 Å². The highest BCUT2D eigenvalue weighted by Gasteiger charge is 2.32. The largest absolute Gasteiger partial charge is 0.497 e. The van der Waals surface area contributed by atoms with E-state index in [0.717, 1.165) is 29.5 Å². The lowest BCUT2D eigenvalue weighted by Gasteiger charge is -2.08. The van der Waals surface area contributed by atoms with Crippen LogP contribution in [0.1, 0.15) is 12.0 Å². The summed E-state index contributed by atoms with van der Waals surface area (Å²) in [5.41, 5.74) is 0.638. The Morgan fingerprint density at radius 2 is 2.03 bits per heavy atom. The maximum atomic E-state index is 13.6. The Hall–Kier alpha value is -3.27. The first kappa shape index (κ1) is 20.5. The highest BCUT2D eigenvalue weighted by atomic mass is 32.2. The minimum atomic E-state index is -0.892. The second-order valence-corrected chi connectivity index (χ2v) is 7.09. The number of amidine groups is 1. The molecule has 150 valence electrons. The van der Waals surface area contributed by atoms with Gasteiger partial charge in [0.05, 0.1) is 19.0 Å². The number of hydrogen-bond donors (Lipinski definition) is 2. The molecule has 2 aromatic carbocycles. The van der Waals surface area contributed by atoms with Crippen LogP contribution in [0.25, 0.3) is 0 Å². The minimum absolute atomic E-state index is 0.155. The number of benzene rings is 2. The van der Waals surface area contributed by atoms with E-state index in [4.69, 9.17) is 4.74 Å². The normalized spacial score (nSPS) is 17.6. The van der Waals surface area contributed by atoms with Crippen molar-refractivity contribution in [1.82, 2.24) is 5.32 Å². The van der Waals surface area contributed by atoms with E-state index in [2.05, 4.69) is 20.8 Å². The van der Waals surface area contributed by atoms with Crippen LogP contribution in [-0.2, 0) is 9.59 Å². The van der Waals surface area contributed by atoms with Gasteiger partial charge in [0.15, 0.2) is 5.17 Å². The SMILES string of the molecule is COc1ccc(C=NN=C2NC(=O)C(CC(=O)Nc3ccc(F)cc3F)S2)cc1. The highest BCUT2D eigenvalue weighted by Crippen LogP contribution is 2.23. The van der Waals surface area contributed by atoms with Crippen LogP contribution in [-0.4, -0.2) is 35.6 Å². The molecule has 0 aromatic heterocycles. The molecule has 1 heterocycles. The number of nitrogens with zero attached hydrogens (tertiary/aromatic N) is 2. The maximum Gasteiger partial charge on any atom is 0.240 e. The average Bonchev–Trinajstić information content (AvgIpc) is 3.03. The van der Waals surface area contributed by atoms with E-state index in [0.29, 0.717) is 11.8 Å². The summed E-state index contributed by atoms with van der Waals surface area (Å²) in [6, 6.07) is 9.96. The third kappa shape index (κ3) is 5.61. The van der Waals surface area contributed by atoms with Crippen LogP contribution in [0, 0.1) is 11.6 Å². The molecule has 1 unspecified atom stereocenters. The molecule has 1 aliphatic rings. The summed E-state index contributed by atoms with van der Waals surface area (Å²) in [6.07, 6.45) is 1.31. The first-order chi connectivity index (χ1) is 13.9. The number of thioether (sulfide) groups is 1. The van der Waals surface area contributed by atoms with Crippen molar-refractivity contribution in [2.45, 2.75) is 11.7 Å². The Labute approximate surface area is 169 Å². The lowest BCUT2D eigenvalue weighted by Crippen LogP contribution is -2.28. The average molecular weight is 418 g/mol. The van der Waals surface area contributed by atoms with Crippen LogP contribution in [0.15, 0.2) is 52.7 Å². The van der Waals surface area contributed by atoms with Crippen molar-refractivity contribution in [2.75, 3.05) is 12.4 Å². The van der Waals surface area contributed by atoms with Crippen LogP contribution < -0.4 is 15.4 Å². The quantitative estimate of drug-likeness (QED) is 0.557. The van der Waals surface area contributed by atoms with E-state index in [9.17, 15) is 18.4 Å². The molecule has 29 heavy (non-hydrogen) atoms. The van der Waals surface area contributed by atoms with Crippen LogP contribution in [0.4, 0.5) is 14.5 Å². The minimum Gasteiger partial charge on any atom is -0.497 e. The van der Waals surface area contributed by atoms with Crippen molar-refractivity contribution >= 4 is 40.6 Å². The molecule has 1 fully saturated rings. The highest BCUT2D eigenvalue weighted by molar-refractivity contribution is 8.15. The third-order valence-corrected chi connectivity index (χ3v) is 4.90. The van der Waals surface area contributed by atoms with E-state index in [1.807, 2.05) is 0 Å². The number of rotatable bonds is 6. The van der Waals surface area contributed by atoms with Gasteiger partial charge in [0.1, 0.15) is 22.6 Å². The summed E-state index contributed by atoms with van der Waals surface area (Å²) in [4.78, 5) is 24.1. The zero-order chi connectivity index (χ0) is 20.8. The van der Waals surface area contributed by atoms with E-state index >= 15 is 0 Å². The molecule has 3 rings (SSSR count). The van der Waals surface area contributed by atoms with Crippen molar-refractivity contribution < 1.29 is 23.1 Å². The van der Waals surface area contributed by atoms with Gasteiger partial charge in [-0.3, -0.25) is 9.59 Å². The molecule has 1 atom stereocenters. The monoisotopic (exact) mass is 418 g/mol. The predicted octanol–water partition coefficient (Wildman–Crippen LogP) is 2.92. The maximum absolute atomic E-state index is 13.6.